The number of benzene rings is 7. The fraction of sp³-hybridized carbons (Fsp3) is 0.175. The number of pyridine rings is 1. The smallest absolute Gasteiger partial charge is 0.137 e. The number of anilines is 4. The van der Waals surface area contributed by atoms with E-state index < -0.39 is 11.6 Å². The molecule has 64 heavy (non-hydrogen) atoms. The van der Waals surface area contributed by atoms with Gasteiger partial charge in [0.05, 0.1) is 22.4 Å². The van der Waals surface area contributed by atoms with Crippen LogP contribution in [0.3, 0.4) is 0 Å². The highest BCUT2D eigenvalue weighted by Gasteiger charge is 2.32. The molecule has 0 fully saturated rings. The maximum atomic E-state index is 14.6. The number of para-hydroxylation sites is 3. The summed E-state index contributed by atoms with van der Waals surface area (Å²) in [6, 6.07) is 52.6. The van der Waals surface area contributed by atoms with Crippen LogP contribution in [0.1, 0.15) is 76.0 Å². The lowest BCUT2D eigenvalue weighted by Gasteiger charge is -2.30. The molecule has 3 heterocycles. The molecular formula is C57H50F2N4O. The van der Waals surface area contributed by atoms with Gasteiger partial charge in [-0.3, -0.25) is 4.57 Å². The molecule has 7 aromatic carbocycles. The quantitative estimate of drug-likeness (QED) is 0.137. The Bertz CT molecular complexity index is 3140. The molecule has 5 nitrogen and oxygen atoms in total. The van der Waals surface area contributed by atoms with Crippen LogP contribution >= 0.6 is 0 Å². The minimum atomic E-state index is -0.588. The molecule has 0 radical (unpaired) electrons. The second-order valence-electron chi connectivity index (χ2n) is 17.8. The zero-order chi connectivity index (χ0) is 44.2. The average Bonchev–Trinajstić information content (AvgIpc) is 3.84. The zero-order valence-electron chi connectivity index (χ0n) is 37.0. The third kappa shape index (κ3) is 7.45. The third-order valence-corrected chi connectivity index (χ3v) is 12.5. The molecule has 0 spiro atoms. The van der Waals surface area contributed by atoms with Crippen molar-refractivity contribution in [3.05, 3.63) is 192 Å². The molecule has 0 bridgehead atoms. The highest BCUT2D eigenvalue weighted by atomic mass is 19.1. The predicted octanol–water partition coefficient (Wildman–Crippen LogP) is 16.2. The van der Waals surface area contributed by atoms with Gasteiger partial charge >= 0.3 is 0 Å². The van der Waals surface area contributed by atoms with Gasteiger partial charge in [-0.05, 0) is 136 Å². The predicted molar refractivity (Wildman–Crippen MR) is 260 cm³/mol. The van der Waals surface area contributed by atoms with Gasteiger partial charge in [-0.1, -0.05) is 102 Å². The molecule has 0 unspecified atom stereocenters. The molecule has 1 aliphatic heterocycles. The molecule has 2 aromatic heterocycles. The lowest BCUT2D eigenvalue weighted by atomic mass is 9.87. The Morgan fingerprint density at radius 2 is 1.12 bits per heavy atom. The Kier molecular flexibility index (Phi) is 10.5. The maximum Gasteiger partial charge on any atom is 0.137 e. The van der Waals surface area contributed by atoms with E-state index >= 15 is 0 Å². The van der Waals surface area contributed by atoms with E-state index in [0.29, 0.717) is 23.9 Å². The highest BCUT2D eigenvalue weighted by molar-refractivity contribution is 6.09. The van der Waals surface area contributed by atoms with Gasteiger partial charge in [0.2, 0.25) is 0 Å². The van der Waals surface area contributed by atoms with Gasteiger partial charge in [0.25, 0.3) is 0 Å². The molecule has 0 amide bonds. The fourth-order valence-corrected chi connectivity index (χ4v) is 9.29. The van der Waals surface area contributed by atoms with Crippen LogP contribution < -0.4 is 14.5 Å². The normalized spacial score (nSPS) is 12.7. The van der Waals surface area contributed by atoms with Gasteiger partial charge in [-0.15, -0.1) is 0 Å². The lowest BCUT2D eigenvalue weighted by Crippen LogP contribution is -2.26. The first-order valence-electron chi connectivity index (χ1n) is 22.2. The maximum absolute atomic E-state index is 14.6. The highest BCUT2D eigenvalue weighted by Crippen LogP contribution is 2.50. The number of hydrogen-bond acceptors (Lipinski definition) is 4. The number of aromatic nitrogens is 2. The van der Waals surface area contributed by atoms with E-state index in [2.05, 4.69) is 177 Å². The van der Waals surface area contributed by atoms with Crippen LogP contribution in [0.4, 0.5) is 31.5 Å². The summed E-state index contributed by atoms with van der Waals surface area (Å²) in [5.74, 6) is 1.76. The van der Waals surface area contributed by atoms with Crippen molar-refractivity contribution in [1.29, 1.82) is 0 Å². The number of rotatable bonds is 10. The molecule has 10 rings (SSSR count). The van der Waals surface area contributed by atoms with Crippen molar-refractivity contribution in [3.8, 4) is 39.6 Å². The number of halogens is 2. The van der Waals surface area contributed by atoms with Crippen molar-refractivity contribution in [1.82, 2.24) is 9.55 Å². The second kappa shape index (κ2) is 16.5. The lowest BCUT2D eigenvalue weighted by molar-refractivity contribution is 0.483. The molecule has 0 saturated heterocycles. The molecule has 318 valence electrons. The minimum absolute atomic E-state index is 0.123. The van der Waals surface area contributed by atoms with Crippen LogP contribution in [0.5, 0.6) is 11.5 Å². The number of ether oxygens (including phenoxy) is 1. The van der Waals surface area contributed by atoms with Gasteiger partial charge in [0.15, 0.2) is 0 Å². The van der Waals surface area contributed by atoms with Crippen molar-refractivity contribution in [3.63, 3.8) is 0 Å². The standard InChI is InChI=1S/C57H50F2N4O/c1-35(2)38-18-20-39(21-19-38)41-27-45(32-47(28-41)64-46-22-23-49-48-13-7-8-14-52(48)63(55(49)33-46)56-17-11-12-24-60-56)61-34-62(54-16-10-9-15-53(54)61)57-50(36(3)4)29-42(30-51(57)37(5)6)40-25-43(58)31-44(59)26-40/h7-33,35-37H,34H2,1-6H3. The second-order valence-corrected chi connectivity index (χ2v) is 17.8. The topological polar surface area (TPSA) is 33.5 Å². The van der Waals surface area contributed by atoms with E-state index in [1.165, 1.54) is 17.7 Å². The van der Waals surface area contributed by atoms with Gasteiger partial charge in [0.1, 0.15) is 35.6 Å². The van der Waals surface area contributed by atoms with Gasteiger partial charge < -0.3 is 14.5 Å². The van der Waals surface area contributed by atoms with Gasteiger partial charge in [-0.25, -0.2) is 13.8 Å². The van der Waals surface area contributed by atoms with E-state index in [9.17, 15) is 8.78 Å². The van der Waals surface area contributed by atoms with E-state index in [1.54, 1.807) is 0 Å². The third-order valence-electron chi connectivity index (χ3n) is 12.5. The van der Waals surface area contributed by atoms with Crippen molar-refractivity contribution < 1.29 is 13.5 Å². The summed E-state index contributed by atoms with van der Waals surface area (Å²) in [6.45, 7) is 13.7. The summed E-state index contributed by atoms with van der Waals surface area (Å²) in [7, 11) is 0. The average molecular weight is 845 g/mol. The Labute approximate surface area is 373 Å². The molecular weight excluding hydrogens is 795 g/mol. The van der Waals surface area contributed by atoms with Crippen LogP contribution in [0.2, 0.25) is 0 Å². The molecule has 0 atom stereocenters. The Hall–Kier alpha value is -7.25. The molecule has 1 aliphatic rings. The first-order chi connectivity index (χ1) is 31.0. The summed E-state index contributed by atoms with van der Waals surface area (Å²) >= 11 is 0. The Balaban J connectivity index is 1.10. The van der Waals surface area contributed by atoms with E-state index in [4.69, 9.17) is 9.72 Å². The van der Waals surface area contributed by atoms with Crippen LogP contribution in [0.25, 0.3) is 49.9 Å². The van der Waals surface area contributed by atoms with Crippen LogP contribution in [0.15, 0.2) is 164 Å². The van der Waals surface area contributed by atoms with Crippen LogP contribution in [0, 0.1) is 11.6 Å². The summed E-state index contributed by atoms with van der Waals surface area (Å²) in [5.41, 5.74) is 13.3. The van der Waals surface area contributed by atoms with Gasteiger partial charge in [-0.2, -0.15) is 0 Å². The summed E-state index contributed by atoms with van der Waals surface area (Å²) in [6.07, 6.45) is 1.83. The SMILES string of the molecule is CC(C)c1ccc(-c2cc(Oc3ccc4c5ccccc5n(-c5ccccn5)c4c3)cc(N3CN(c4c(C(C)C)cc(-c5cc(F)cc(F)c5)cc4C(C)C)c4ccccc43)c2)cc1. The molecule has 0 N–H and O–H groups in total. The first kappa shape index (κ1) is 40.8. The fourth-order valence-electron chi connectivity index (χ4n) is 9.29. The van der Waals surface area contributed by atoms with Crippen molar-refractivity contribution in [2.45, 2.75) is 59.3 Å². The Morgan fingerprint density at radius 1 is 0.500 bits per heavy atom. The van der Waals surface area contributed by atoms with Gasteiger partial charge in [0, 0.05) is 46.5 Å². The van der Waals surface area contributed by atoms with Crippen molar-refractivity contribution in [2.75, 3.05) is 16.5 Å². The van der Waals surface area contributed by atoms with Crippen LogP contribution in [-0.4, -0.2) is 16.2 Å². The number of nitrogens with zero attached hydrogens (tertiary/aromatic N) is 4. The molecule has 0 aliphatic carbocycles. The zero-order valence-corrected chi connectivity index (χ0v) is 37.0. The van der Waals surface area contributed by atoms with Crippen LogP contribution in [-0.2, 0) is 0 Å². The summed E-state index contributed by atoms with van der Waals surface area (Å²) in [4.78, 5) is 9.51. The molecule has 7 heteroatoms. The first-order valence-corrected chi connectivity index (χ1v) is 22.2. The van der Waals surface area contributed by atoms with E-state index in [1.807, 2.05) is 24.4 Å². The van der Waals surface area contributed by atoms with E-state index in [-0.39, 0.29) is 11.8 Å². The van der Waals surface area contributed by atoms with Crippen molar-refractivity contribution >= 4 is 44.6 Å². The number of hydrogen-bond donors (Lipinski definition) is 0. The largest absolute Gasteiger partial charge is 0.457 e. The monoisotopic (exact) mass is 844 g/mol. The molecule has 0 saturated carbocycles. The summed E-state index contributed by atoms with van der Waals surface area (Å²) in [5, 5.41) is 2.28. The Morgan fingerprint density at radius 3 is 1.80 bits per heavy atom. The van der Waals surface area contributed by atoms with E-state index in [0.717, 1.165) is 90.0 Å². The minimum Gasteiger partial charge on any atom is -0.457 e. The molecule has 9 aromatic rings. The van der Waals surface area contributed by atoms with Crippen molar-refractivity contribution in [2.24, 2.45) is 0 Å². The summed E-state index contributed by atoms with van der Waals surface area (Å²) < 4.78 is 38.3. The number of fused-ring (bicyclic) bond motifs is 4.